The Labute approximate surface area is 119 Å². The van der Waals surface area contributed by atoms with Crippen LogP contribution in [0.5, 0.6) is 0 Å². The molecule has 112 valence electrons. The molecule has 0 aliphatic carbocycles. The molecule has 6 N–H and O–H groups in total. The Morgan fingerprint density at radius 1 is 1.38 bits per heavy atom. The third kappa shape index (κ3) is 1.94. The standard InChI is InChI=1S/C12H15N5O4/c1-4-7(18)8(19)12(21-4)17-2-5(10(14)20)6-9(13)15-3-16-11(6)17/h2-4,7-8,12,18-19H,1H3,(H2,14,20)(H2,13,15,16)/t4-,7-,8-,12+/m0/s1. The number of hydrogen-bond donors (Lipinski definition) is 4. The molecule has 0 radical (unpaired) electrons. The first-order valence-corrected chi connectivity index (χ1v) is 6.34. The second kappa shape index (κ2) is 4.65. The normalized spacial score (nSPS) is 29.1. The van der Waals surface area contributed by atoms with Crippen molar-refractivity contribution in [1.82, 2.24) is 14.5 Å². The summed E-state index contributed by atoms with van der Waals surface area (Å²) in [7, 11) is 0. The van der Waals surface area contributed by atoms with Crippen LogP contribution in [0.15, 0.2) is 12.5 Å². The fourth-order valence-corrected chi connectivity index (χ4v) is 2.55. The zero-order chi connectivity index (χ0) is 15.3. The minimum absolute atomic E-state index is 0.105. The van der Waals surface area contributed by atoms with Crippen molar-refractivity contribution in [2.24, 2.45) is 5.73 Å². The number of nitrogens with two attached hydrogens (primary N) is 2. The van der Waals surface area contributed by atoms with Crippen LogP contribution in [0.3, 0.4) is 0 Å². The van der Waals surface area contributed by atoms with Crippen molar-refractivity contribution in [2.75, 3.05) is 5.73 Å². The van der Waals surface area contributed by atoms with E-state index in [0.29, 0.717) is 11.0 Å². The summed E-state index contributed by atoms with van der Waals surface area (Å²) in [6.45, 7) is 1.64. The molecule has 0 bridgehead atoms. The van der Waals surface area contributed by atoms with E-state index in [4.69, 9.17) is 16.2 Å². The number of rotatable bonds is 2. The molecule has 1 aliphatic rings. The van der Waals surface area contributed by atoms with Crippen LogP contribution in [0, 0.1) is 0 Å². The van der Waals surface area contributed by atoms with Gasteiger partial charge in [0.25, 0.3) is 5.91 Å². The zero-order valence-corrected chi connectivity index (χ0v) is 11.2. The third-order valence-corrected chi connectivity index (χ3v) is 3.66. The Kier molecular flexibility index (Phi) is 3.04. The maximum Gasteiger partial charge on any atom is 0.251 e. The lowest BCUT2D eigenvalue weighted by Gasteiger charge is -2.17. The van der Waals surface area contributed by atoms with Crippen LogP contribution >= 0.6 is 0 Å². The number of aliphatic hydroxyl groups excluding tert-OH is 2. The van der Waals surface area contributed by atoms with Crippen molar-refractivity contribution in [1.29, 1.82) is 0 Å². The average Bonchev–Trinajstić information content (AvgIpc) is 2.94. The summed E-state index contributed by atoms with van der Waals surface area (Å²) in [6.07, 6.45) is -1.01. The van der Waals surface area contributed by atoms with E-state index in [1.807, 2.05) is 0 Å². The predicted molar refractivity (Wildman–Crippen MR) is 72.1 cm³/mol. The van der Waals surface area contributed by atoms with E-state index in [0.717, 1.165) is 0 Å². The monoisotopic (exact) mass is 293 g/mol. The van der Waals surface area contributed by atoms with Crippen molar-refractivity contribution in [3.8, 4) is 0 Å². The van der Waals surface area contributed by atoms with Gasteiger partial charge in [0.2, 0.25) is 0 Å². The highest BCUT2D eigenvalue weighted by atomic mass is 16.6. The fourth-order valence-electron chi connectivity index (χ4n) is 2.55. The highest BCUT2D eigenvalue weighted by Crippen LogP contribution is 2.34. The van der Waals surface area contributed by atoms with Crippen molar-refractivity contribution < 1.29 is 19.7 Å². The van der Waals surface area contributed by atoms with E-state index in [9.17, 15) is 15.0 Å². The number of primary amides is 1. The van der Waals surface area contributed by atoms with Crippen LogP contribution in [0.2, 0.25) is 0 Å². The lowest BCUT2D eigenvalue weighted by Crippen LogP contribution is -2.30. The molecular formula is C12H15N5O4. The van der Waals surface area contributed by atoms with Gasteiger partial charge in [0.1, 0.15) is 30.0 Å². The number of aliphatic hydroxyl groups is 2. The maximum absolute atomic E-state index is 11.6. The highest BCUT2D eigenvalue weighted by molar-refractivity contribution is 6.08. The molecule has 1 amide bonds. The molecule has 0 unspecified atom stereocenters. The summed E-state index contributed by atoms with van der Waals surface area (Å²) in [5.41, 5.74) is 11.5. The molecule has 9 nitrogen and oxygen atoms in total. The van der Waals surface area contributed by atoms with Gasteiger partial charge in [0.05, 0.1) is 17.1 Å². The van der Waals surface area contributed by atoms with Crippen LogP contribution in [0.1, 0.15) is 23.5 Å². The Balaban J connectivity index is 2.20. The number of anilines is 1. The van der Waals surface area contributed by atoms with Crippen molar-refractivity contribution in [3.05, 3.63) is 18.1 Å². The fraction of sp³-hybridized carbons (Fsp3) is 0.417. The van der Waals surface area contributed by atoms with Crippen LogP contribution in [-0.4, -0.2) is 49.0 Å². The minimum atomic E-state index is -1.16. The van der Waals surface area contributed by atoms with Gasteiger partial charge in [0.15, 0.2) is 6.23 Å². The Bertz CT molecular complexity index is 715. The number of amides is 1. The maximum atomic E-state index is 11.6. The smallest absolute Gasteiger partial charge is 0.251 e. The molecule has 0 aromatic carbocycles. The van der Waals surface area contributed by atoms with E-state index in [1.54, 1.807) is 6.92 Å². The summed E-state index contributed by atoms with van der Waals surface area (Å²) in [5, 5.41) is 20.2. The molecule has 4 atom stereocenters. The van der Waals surface area contributed by atoms with E-state index < -0.39 is 30.4 Å². The average molecular weight is 293 g/mol. The summed E-state index contributed by atoms with van der Waals surface area (Å²) in [6, 6.07) is 0. The molecular weight excluding hydrogens is 278 g/mol. The van der Waals surface area contributed by atoms with Gasteiger partial charge in [-0.1, -0.05) is 0 Å². The number of fused-ring (bicyclic) bond motifs is 1. The Morgan fingerprint density at radius 2 is 2.10 bits per heavy atom. The number of hydrogen-bond acceptors (Lipinski definition) is 7. The van der Waals surface area contributed by atoms with Crippen molar-refractivity contribution >= 4 is 22.8 Å². The molecule has 1 saturated heterocycles. The molecule has 1 aliphatic heterocycles. The van der Waals surface area contributed by atoms with Crippen LogP contribution in [0.25, 0.3) is 11.0 Å². The first-order chi connectivity index (χ1) is 9.91. The van der Waals surface area contributed by atoms with Crippen LogP contribution < -0.4 is 11.5 Å². The van der Waals surface area contributed by atoms with Gasteiger partial charge in [-0.2, -0.15) is 0 Å². The van der Waals surface area contributed by atoms with E-state index >= 15 is 0 Å². The zero-order valence-electron chi connectivity index (χ0n) is 11.2. The molecule has 2 aromatic heterocycles. The topological polar surface area (TPSA) is 150 Å². The molecule has 3 rings (SSSR count). The summed E-state index contributed by atoms with van der Waals surface area (Å²) >= 11 is 0. The number of nitrogen functional groups attached to an aromatic ring is 1. The summed E-state index contributed by atoms with van der Waals surface area (Å²) < 4.78 is 6.96. The number of nitrogens with zero attached hydrogens (tertiary/aromatic N) is 3. The van der Waals surface area contributed by atoms with E-state index in [2.05, 4.69) is 9.97 Å². The second-order valence-electron chi connectivity index (χ2n) is 4.98. The summed E-state index contributed by atoms with van der Waals surface area (Å²) in [5.74, 6) is -0.588. The largest absolute Gasteiger partial charge is 0.388 e. The molecule has 3 heterocycles. The molecule has 2 aromatic rings. The van der Waals surface area contributed by atoms with Crippen LogP contribution in [-0.2, 0) is 4.74 Å². The van der Waals surface area contributed by atoms with E-state index in [1.165, 1.54) is 17.1 Å². The van der Waals surface area contributed by atoms with Gasteiger partial charge < -0.3 is 31.0 Å². The number of carbonyl (C=O) groups excluding carboxylic acids is 1. The predicted octanol–water partition coefficient (Wildman–Crippen LogP) is -1.25. The first-order valence-electron chi connectivity index (χ1n) is 6.34. The summed E-state index contributed by atoms with van der Waals surface area (Å²) in [4.78, 5) is 19.4. The highest BCUT2D eigenvalue weighted by Gasteiger charge is 2.42. The molecule has 1 fully saturated rings. The lowest BCUT2D eigenvalue weighted by molar-refractivity contribution is -0.0296. The minimum Gasteiger partial charge on any atom is -0.388 e. The Hall–Kier alpha value is -2.23. The molecule has 0 spiro atoms. The van der Waals surface area contributed by atoms with Crippen molar-refractivity contribution in [2.45, 2.75) is 31.5 Å². The first kappa shape index (κ1) is 13.7. The van der Waals surface area contributed by atoms with E-state index in [-0.39, 0.29) is 11.4 Å². The second-order valence-corrected chi connectivity index (χ2v) is 4.98. The van der Waals surface area contributed by atoms with Gasteiger partial charge in [-0.3, -0.25) is 4.79 Å². The Morgan fingerprint density at radius 3 is 2.67 bits per heavy atom. The SMILES string of the molecule is C[C@@H]1O[C@@H](n2cc(C(N)=O)c3c(N)ncnc32)[C@@H](O)[C@H]1O. The van der Waals surface area contributed by atoms with Crippen LogP contribution in [0.4, 0.5) is 5.82 Å². The lowest BCUT2D eigenvalue weighted by atomic mass is 10.1. The van der Waals surface area contributed by atoms with Gasteiger partial charge in [-0.15, -0.1) is 0 Å². The van der Waals surface area contributed by atoms with Gasteiger partial charge in [-0.25, -0.2) is 9.97 Å². The number of carbonyl (C=O) groups is 1. The van der Waals surface area contributed by atoms with Gasteiger partial charge in [0, 0.05) is 6.20 Å². The molecule has 21 heavy (non-hydrogen) atoms. The quantitative estimate of drug-likeness (QED) is 0.540. The third-order valence-electron chi connectivity index (χ3n) is 3.66. The van der Waals surface area contributed by atoms with Gasteiger partial charge in [-0.05, 0) is 6.92 Å². The molecule has 9 heteroatoms. The van der Waals surface area contributed by atoms with Gasteiger partial charge >= 0.3 is 0 Å². The number of aromatic nitrogens is 3. The van der Waals surface area contributed by atoms with Crippen molar-refractivity contribution in [3.63, 3.8) is 0 Å². The number of ether oxygens (including phenoxy) is 1. The molecule has 0 saturated carbocycles.